The van der Waals surface area contributed by atoms with Crippen molar-refractivity contribution in [3.8, 4) is 11.3 Å². The second-order valence-corrected chi connectivity index (χ2v) is 6.79. The van der Waals surface area contributed by atoms with Gasteiger partial charge < -0.3 is 5.32 Å². The first-order valence-electron chi connectivity index (χ1n) is 8.91. The number of benzene rings is 1. The third kappa shape index (κ3) is 4.26. The maximum Gasteiger partial charge on any atom is 0.248 e. The van der Waals surface area contributed by atoms with Gasteiger partial charge in [0.05, 0.1) is 5.56 Å². The van der Waals surface area contributed by atoms with E-state index in [1.807, 2.05) is 42.8 Å². The lowest BCUT2D eigenvalue weighted by Gasteiger charge is -2.23. The predicted molar refractivity (Wildman–Crippen MR) is 102 cm³/mol. The summed E-state index contributed by atoms with van der Waals surface area (Å²) in [6, 6.07) is 7.40. The lowest BCUT2D eigenvalue weighted by Crippen LogP contribution is -2.31. The van der Waals surface area contributed by atoms with Gasteiger partial charge in [-0.3, -0.25) is 19.6 Å². The molecular weight excluding hydrogens is 328 g/mol. The van der Waals surface area contributed by atoms with E-state index < -0.39 is 0 Å². The van der Waals surface area contributed by atoms with Gasteiger partial charge in [0.1, 0.15) is 11.9 Å². The first-order valence-corrected chi connectivity index (χ1v) is 8.91. The third-order valence-corrected chi connectivity index (χ3v) is 4.31. The van der Waals surface area contributed by atoms with Crippen LogP contribution in [0.1, 0.15) is 49.6 Å². The standard InChI is InChI=1S/C20H24N4O2/c1-14(2)10-19(26)22-17-7-5-6-15(11-17)20-16(13-25)12-24(23-20)18-8-3-4-9-21-18/h5-7,10-13,18,21H,3-4,8-9H2,1-2H3,(H,22,26). The Morgan fingerprint density at radius 1 is 1.35 bits per heavy atom. The van der Waals surface area contributed by atoms with Crippen LogP contribution >= 0.6 is 0 Å². The zero-order valence-electron chi connectivity index (χ0n) is 15.2. The van der Waals surface area contributed by atoms with Crippen molar-refractivity contribution in [2.75, 3.05) is 11.9 Å². The molecule has 1 atom stereocenters. The molecule has 1 unspecified atom stereocenters. The molecule has 0 saturated carbocycles. The van der Waals surface area contributed by atoms with Crippen LogP contribution < -0.4 is 10.6 Å². The first-order chi connectivity index (χ1) is 12.6. The Kier molecular flexibility index (Phi) is 5.63. The highest BCUT2D eigenvalue weighted by Gasteiger charge is 2.19. The van der Waals surface area contributed by atoms with Gasteiger partial charge in [0.25, 0.3) is 0 Å². The molecule has 3 rings (SSSR count). The molecular formula is C20H24N4O2. The number of anilines is 1. The van der Waals surface area contributed by atoms with E-state index in [2.05, 4.69) is 15.7 Å². The smallest absolute Gasteiger partial charge is 0.248 e. The van der Waals surface area contributed by atoms with E-state index >= 15 is 0 Å². The van der Waals surface area contributed by atoms with E-state index in [9.17, 15) is 9.59 Å². The number of carbonyl (C=O) groups is 2. The predicted octanol–water partition coefficient (Wildman–Crippen LogP) is 3.54. The van der Waals surface area contributed by atoms with E-state index in [0.29, 0.717) is 16.9 Å². The Bertz CT molecular complexity index is 828. The van der Waals surface area contributed by atoms with Gasteiger partial charge in [-0.15, -0.1) is 0 Å². The van der Waals surface area contributed by atoms with Crippen molar-refractivity contribution in [1.82, 2.24) is 15.1 Å². The number of hydrogen-bond acceptors (Lipinski definition) is 4. The van der Waals surface area contributed by atoms with E-state index in [4.69, 9.17) is 0 Å². The van der Waals surface area contributed by atoms with Gasteiger partial charge in [-0.1, -0.05) is 17.7 Å². The fraction of sp³-hybridized carbons (Fsp3) is 0.350. The highest BCUT2D eigenvalue weighted by Crippen LogP contribution is 2.26. The lowest BCUT2D eigenvalue weighted by molar-refractivity contribution is -0.111. The summed E-state index contributed by atoms with van der Waals surface area (Å²) >= 11 is 0. The Hall–Kier alpha value is -2.73. The minimum atomic E-state index is -0.172. The molecule has 0 spiro atoms. The summed E-state index contributed by atoms with van der Waals surface area (Å²) in [5.41, 5.74) is 3.58. The summed E-state index contributed by atoms with van der Waals surface area (Å²) in [5.74, 6) is -0.172. The molecule has 2 N–H and O–H groups in total. The molecule has 26 heavy (non-hydrogen) atoms. The summed E-state index contributed by atoms with van der Waals surface area (Å²) in [6.07, 6.45) is 7.60. The van der Waals surface area contributed by atoms with Gasteiger partial charge in [0.15, 0.2) is 6.29 Å². The second kappa shape index (κ2) is 8.10. The molecule has 6 heteroatoms. The third-order valence-electron chi connectivity index (χ3n) is 4.31. The summed E-state index contributed by atoms with van der Waals surface area (Å²) < 4.78 is 1.84. The Balaban J connectivity index is 1.87. The topological polar surface area (TPSA) is 76.0 Å². The molecule has 1 aromatic carbocycles. The molecule has 0 radical (unpaired) electrons. The molecule has 0 aliphatic carbocycles. The molecule has 1 aliphatic rings. The van der Waals surface area contributed by atoms with Crippen molar-refractivity contribution >= 4 is 17.9 Å². The van der Waals surface area contributed by atoms with Crippen LogP contribution in [-0.2, 0) is 4.79 Å². The number of nitrogens with one attached hydrogen (secondary N) is 2. The Labute approximate surface area is 153 Å². The Morgan fingerprint density at radius 3 is 2.88 bits per heavy atom. The Morgan fingerprint density at radius 2 is 2.19 bits per heavy atom. The molecule has 1 aliphatic heterocycles. The van der Waals surface area contributed by atoms with Crippen molar-refractivity contribution in [2.24, 2.45) is 0 Å². The largest absolute Gasteiger partial charge is 0.322 e. The fourth-order valence-electron chi connectivity index (χ4n) is 3.12. The van der Waals surface area contributed by atoms with Crippen LogP contribution in [0.25, 0.3) is 11.3 Å². The zero-order valence-corrected chi connectivity index (χ0v) is 15.2. The number of carbonyl (C=O) groups excluding carboxylic acids is 2. The number of rotatable bonds is 5. The van der Waals surface area contributed by atoms with Gasteiger partial charge in [0.2, 0.25) is 5.91 Å². The number of aromatic nitrogens is 2. The molecule has 2 heterocycles. The first kappa shape index (κ1) is 18.1. The van der Waals surface area contributed by atoms with E-state index in [-0.39, 0.29) is 12.1 Å². The summed E-state index contributed by atoms with van der Waals surface area (Å²) in [7, 11) is 0. The van der Waals surface area contributed by atoms with Gasteiger partial charge in [-0.05, 0) is 51.8 Å². The van der Waals surface area contributed by atoms with Crippen LogP contribution in [0.2, 0.25) is 0 Å². The molecule has 1 aromatic heterocycles. The monoisotopic (exact) mass is 352 g/mol. The number of nitrogens with zero attached hydrogens (tertiary/aromatic N) is 2. The van der Waals surface area contributed by atoms with Crippen molar-refractivity contribution in [2.45, 2.75) is 39.3 Å². The van der Waals surface area contributed by atoms with Gasteiger partial charge in [0, 0.05) is 23.5 Å². The normalized spacial score (nSPS) is 16.8. The van der Waals surface area contributed by atoms with Gasteiger partial charge in [-0.25, -0.2) is 0 Å². The maximum absolute atomic E-state index is 11.9. The molecule has 1 saturated heterocycles. The average Bonchev–Trinajstić information content (AvgIpc) is 3.06. The minimum Gasteiger partial charge on any atom is -0.322 e. The SMILES string of the molecule is CC(C)=CC(=O)Nc1cccc(-c2nn(C3CCCCN3)cc2C=O)c1. The highest BCUT2D eigenvalue weighted by molar-refractivity contribution is 6.00. The van der Waals surface area contributed by atoms with Gasteiger partial charge >= 0.3 is 0 Å². The molecule has 0 bridgehead atoms. The summed E-state index contributed by atoms with van der Waals surface area (Å²) in [6.45, 7) is 4.71. The fourth-order valence-corrected chi connectivity index (χ4v) is 3.12. The van der Waals surface area contributed by atoms with Crippen molar-refractivity contribution in [1.29, 1.82) is 0 Å². The molecule has 136 valence electrons. The van der Waals surface area contributed by atoms with Crippen molar-refractivity contribution in [3.05, 3.63) is 47.7 Å². The number of amides is 1. The zero-order chi connectivity index (χ0) is 18.5. The second-order valence-electron chi connectivity index (χ2n) is 6.79. The number of piperidine rings is 1. The number of hydrogen-bond donors (Lipinski definition) is 2. The molecule has 1 fully saturated rings. The van der Waals surface area contributed by atoms with Crippen LogP contribution in [0.5, 0.6) is 0 Å². The van der Waals surface area contributed by atoms with Crippen LogP contribution in [-0.4, -0.2) is 28.5 Å². The number of allylic oxidation sites excluding steroid dienone is 1. The van der Waals surface area contributed by atoms with E-state index in [1.165, 1.54) is 6.42 Å². The molecule has 1 amide bonds. The van der Waals surface area contributed by atoms with Crippen LogP contribution in [0.3, 0.4) is 0 Å². The van der Waals surface area contributed by atoms with Gasteiger partial charge in [-0.2, -0.15) is 5.10 Å². The quantitative estimate of drug-likeness (QED) is 0.637. The molecule has 2 aromatic rings. The van der Waals surface area contributed by atoms with Crippen LogP contribution in [0.15, 0.2) is 42.1 Å². The summed E-state index contributed by atoms with van der Waals surface area (Å²) in [5, 5.41) is 10.9. The van der Waals surface area contributed by atoms with E-state index in [0.717, 1.165) is 36.8 Å². The number of aldehydes is 1. The van der Waals surface area contributed by atoms with Crippen molar-refractivity contribution < 1.29 is 9.59 Å². The van der Waals surface area contributed by atoms with Crippen molar-refractivity contribution in [3.63, 3.8) is 0 Å². The van der Waals surface area contributed by atoms with Crippen LogP contribution in [0.4, 0.5) is 5.69 Å². The lowest BCUT2D eigenvalue weighted by atomic mass is 10.1. The molecule has 6 nitrogen and oxygen atoms in total. The maximum atomic E-state index is 11.9. The van der Waals surface area contributed by atoms with E-state index in [1.54, 1.807) is 12.3 Å². The minimum absolute atomic E-state index is 0.122. The summed E-state index contributed by atoms with van der Waals surface area (Å²) in [4.78, 5) is 23.5. The average molecular weight is 352 g/mol. The van der Waals surface area contributed by atoms with Crippen LogP contribution in [0, 0.1) is 0 Å². The highest BCUT2D eigenvalue weighted by atomic mass is 16.1.